The summed E-state index contributed by atoms with van der Waals surface area (Å²) in [6.07, 6.45) is 4.29. The van der Waals surface area contributed by atoms with Crippen LogP contribution in [-0.2, 0) is 0 Å². The summed E-state index contributed by atoms with van der Waals surface area (Å²) < 4.78 is 16.1. The van der Waals surface area contributed by atoms with Crippen molar-refractivity contribution in [3.63, 3.8) is 0 Å². The van der Waals surface area contributed by atoms with E-state index in [4.69, 9.17) is 30.0 Å². The lowest BCUT2D eigenvalue weighted by molar-refractivity contribution is 0.0771. The molecule has 0 saturated carbocycles. The Hall–Kier alpha value is -10.0. The van der Waals surface area contributed by atoms with Crippen LogP contribution in [0, 0.1) is 34.0 Å². The molecule has 0 spiro atoms. The Labute approximate surface area is 435 Å². The Kier molecular flexibility index (Phi) is 21.6. The molecule has 0 atom stereocenters. The summed E-state index contributed by atoms with van der Waals surface area (Å²) in [6, 6.07) is 21.3. The minimum Gasteiger partial charge on any atom is -0.495 e. The lowest BCUT2D eigenvalue weighted by Gasteiger charge is -2.19. The Bertz CT molecular complexity index is 3090. The third kappa shape index (κ3) is 15.5. The molecule has 390 valence electrons. The largest absolute Gasteiger partial charge is 0.495 e. The van der Waals surface area contributed by atoms with Gasteiger partial charge in [-0.1, -0.05) is 0 Å². The van der Waals surface area contributed by atoms with Gasteiger partial charge in [-0.05, 0) is 82.3 Å². The van der Waals surface area contributed by atoms with Crippen molar-refractivity contribution >= 4 is 70.1 Å². The number of nitrogens with one attached hydrogen (secondary N) is 7. The van der Waals surface area contributed by atoms with Crippen LogP contribution >= 0.6 is 0 Å². The summed E-state index contributed by atoms with van der Waals surface area (Å²) in [6.45, 7) is 8.96. The van der Waals surface area contributed by atoms with E-state index in [0.717, 1.165) is 0 Å². The molecule has 6 rings (SSSR count). The zero-order chi connectivity index (χ0) is 55.2. The first-order valence-corrected chi connectivity index (χ1v) is 23.1. The highest BCUT2D eigenvalue weighted by atomic mass is 16.5. The number of carbonyl (C=O) groups excluding carboxylic acids is 3. The second-order valence-corrected chi connectivity index (χ2v) is 15.9. The number of aromatic nitrogens is 6. The SMILES string of the molecule is CCN(CC)C(=O)c1ccc(Nc2ncc(C#N)c(NC)n2)c(OC)c1.CNc1nc(Nc2ccc(C(=O)N(C)C)cc2OC)ncc1C#N.CNc1nc(Nc2ccc(C(=O)NC(C)C)cc2OC)ncc1C#N. The fourth-order valence-electron chi connectivity index (χ4n) is 6.59. The van der Waals surface area contributed by atoms with Crippen molar-refractivity contribution in [2.45, 2.75) is 33.7 Å². The smallest absolute Gasteiger partial charge is 0.253 e. The highest BCUT2D eigenvalue weighted by Crippen LogP contribution is 2.31. The fraction of sp³-hybridized carbons (Fsp3) is 0.294. The Balaban J connectivity index is 0.000000244. The zero-order valence-electron chi connectivity index (χ0n) is 43.8. The number of methoxy groups -OCH3 is 3. The predicted molar refractivity (Wildman–Crippen MR) is 286 cm³/mol. The van der Waals surface area contributed by atoms with Crippen LogP contribution in [0.15, 0.2) is 73.2 Å². The summed E-state index contributed by atoms with van der Waals surface area (Å²) in [7, 11) is 13.0. The van der Waals surface area contributed by atoms with Crippen LogP contribution in [0.3, 0.4) is 0 Å². The molecule has 3 aromatic carbocycles. The molecule has 0 radical (unpaired) electrons. The summed E-state index contributed by atoms with van der Waals surface area (Å²) in [5.74, 6) is 3.33. The number of nitriles is 3. The first kappa shape index (κ1) is 57.6. The Morgan fingerprint density at radius 3 is 1.19 bits per heavy atom. The van der Waals surface area contributed by atoms with Crippen LogP contribution in [-0.4, -0.2) is 133 Å². The number of hydrogen-bond acceptors (Lipinski definition) is 21. The van der Waals surface area contributed by atoms with Crippen LogP contribution in [0.5, 0.6) is 17.2 Å². The van der Waals surface area contributed by atoms with Gasteiger partial charge in [-0.15, -0.1) is 0 Å². The summed E-state index contributed by atoms with van der Waals surface area (Å²) in [5.41, 5.74) is 4.44. The molecule has 3 amide bonds. The Morgan fingerprint density at radius 1 is 0.560 bits per heavy atom. The van der Waals surface area contributed by atoms with Crippen molar-refractivity contribution in [1.82, 2.24) is 45.0 Å². The van der Waals surface area contributed by atoms with Gasteiger partial charge in [0.25, 0.3) is 17.7 Å². The van der Waals surface area contributed by atoms with E-state index < -0.39 is 0 Å². The van der Waals surface area contributed by atoms with Gasteiger partial charge in [0.2, 0.25) is 17.8 Å². The lowest BCUT2D eigenvalue weighted by atomic mass is 10.1. The number of benzene rings is 3. The fourth-order valence-corrected chi connectivity index (χ4v) is 6.59. The average Bonchev–Trinajstić information content (AvgIpc) is 3.43. The maximum atomic E-state index is 12.5. The van der Waals surface area contributed by atoms with Crippen molar-refractivity contribution in [3.8, 4) is 35.5 Å². The number of hydrogen-bond donors (Lipinski definition) is 7. The highest BCUT2D eigenvalue weighted by molar-refractivity contribution is 5.97. The minimum atomic E-state index is -0.174. The van der Waals surface area contributed by atoms with E-state index in [1.54, 1.807) is 94.7 Å². The summed E-state index contributed by atoms with van der Waals surface area (Å²) in [4.78, 5) is 64.9. The second kappa shape index (κ2) is 28.1. The standard InChI is InChI=1S/C18H22N6O2.C17H20N6O2.C16H18N6O2/c1-5-24(6-2)17(25)12-7-8-14(15(9-12)26-4)22-18-21-11-13(10-19)16(20-3)23-18;1-10(2)21-16(24)11-5-6-13(14(7-11)25-4)22-17-20-9-12(8-18)15(19-3)23-17;1-18-14-11(8-17)9-19-16(21-14)20-12-6-5-10(7-13(12)24-4)15(23)22(2)3/h7-9,11H,5-6H2,1-4H3,(H2,20,21,22,23);5-7,9-10H,1-4H3,(H,21,24)(H2,19,20,22,23);5-7,9H,1-4H3,(H2,18,19,20,21). The third-order valence-electron chi connectivity index (χ3n) is 10.4. The quantitative estimate of drug-likeness (QED) is 0.0468. The zero-order valence-corrected chi connectivity index (χ0v) is 43.8. The Morgan fingerprint density at radius 2 is 0.893 bits per heavy atom. The molecule has 75 heavy (non-hydrogen) atoms. The van der Waals surface area contributed by atoms with Crippen LogP contribution in [0.4, 0.5) is 52.4 Å². The molecule has 0 fully saturated rings. The molecule has 7 N–H and O–H groups in total. The number of anilines is 9. The van der Waals surface area contributed by atoms with E-state index in [-0.39, 0.29) is 23.8 Å². The molecule has 6 aromatic rings. The molecule has 0 bridgehead atoms. The first-order chi connectivity index (χ1) is 36.0. The number of nitrogens with zero attached hydrogens (tertiary/aromatic N) is 11. The number of carbonyl (C=O) groups is 3. The van der Waals surface area contributed by atoms with E-state index >= 15 is 0 Å². The van der Waals surface area contributed by atoms with Gasteiger partial charge in [-0.25, -0.2) is 15.0 Å². The van der Waals surface area contributed by atoms with Gasteiger partial charge in [0.1, 0.15) is 69.6 Å². The molecular weight excluding hydrogens is 961 g/mol. The van der Waals surface area contributed by atoms with Crippen LogP contribution < -0.4 is 51.4 Å². The number of ether oxygens (including phenoxy) is 3. The molecule has 24 heteroatoms. The number of amides is 3. The predicted octanol–water partition coefficient (Wildman–Crippen LogP) is 6.75. The summed E-state index contributed by atoms with van der Waals surface area (Å²) >= 11 is 0. The molecular formula is C51H60N18O6. The minimum absolute atomic E-state index is 0.0447. The van der Waals surface area contributed by atoms with Crippen molar-refractivity contribution in [1.29, 1.82) is 15.8 Å². The van der Waals surface area contributed by atoms with Crippen molar-refractivity contribution in [2.75, 3.05) is 102 Å². The van der Waals surface area contributed by atoms with E-state index in [1.807, 2.05) is 45.9 Å². The molecule has 0 aliphatic carbocycles. The molecule has 0 saturated heterocycles. The monoisotopic (exact) mass is 1020 g/mol. The van der Waals surface area contributed by atoms with Crippen LogP contribution in [0.2, 0.25) is 0 Å². The maximum Gasteiger partial charge on any atom is 0.253 e. The van der Waals surface area contributed by atoms with Gasteiger partial charge >= 0.3 is 0 Å². The van der Waals surface area contributed by atoms with E-state index in [1.165, 1.54) is 44.8 Å². The van der Waals surface area contributed by atoms with E-state index in [0.29, 0.717) is 116 Å². The molecule has 3 aromatic heterocycles. The van der Waals surface area contributed by atoms with Crippen molar-refractivity contribution in [3.05, 3.63) is 107 Å². The molecule has 24 nitrogen and oxygen atoms in total. The highest BCUT2D eigenvalue weighted by Gasteiger charge is 2.18. The lowest BCUT2D eigenvalue weighted by Crippen LogP contribution is -2.30. The van der Waals surface area contributed by atoms with Gasteiger partial charge in [0.15, 0.2) is 0 Å². The molecule has 0 aliphatic rings. The van der Waals surface area contributed by atoms with Gasteiger partial charge in [0, 0.05) is 71.1 Å². The second-order valence-electron chi connectivity index (χ2n) is 15.9. The van der Waals surface area contributed by atoms with E-state index in [9.17, 15) is 14.4 Å². The normalized spacial score (nSPS) is 9.95. The number of rotatable bonds is 18. The summed E-state index contributed by atoms with van der Waals surface area (Å²) in [5, 5.41) is 47.5. The van der Waals surface area contributed by atoms with Crippen LogP contribution in [0.1, 0.15) is 75.5 Å². The van der Waals surface area contributed by atoms with E-state index in [2.05, 4.69) is 67.1 Å². The third-order valence-corrected chi connectivity index (χ3v) is 10.4. The van der Waals surface area contributed by atoms with Gasteiger partial charge in [-0.3, -0.25) is 14.4 Å². The van der Waals surface area contributed by atoms with Crippen LogP contribution in [0.25, 0.3) is 0 Å². The topological polar surface area (TPSA) is 318 Å². The van der Waals surface area contributed by atoms with Gasteiger partial charge < -0.3 is 61.2 Å². The van der Waals surface area contributed by atoms with Crippen molar-refractivity contribution < 1.29 is 28.6 Å². The van der Waals surface area contributed by atoms with Gasteiger partial charge in [0.05, 0.1) is 57.0 Å². The maximum absolute atomic E-state index is 12.5. The molecule has 0 unspecified atom stereocenters. The molecule has 3 heterocycles. The van der Waals surface area contributed by atoms with Gasteiger partial charge in [-0.2, -0.15) is 30.7 Å². The first-order valence-electron chi connectivity index (χ1n) is 23.1. The molecule has 0 aliphatic heterocycles. The average molecular weight is 1020 g/mol. The van der Waals surface area contributed by atoms with Crippen molar-refractivity contribution in [2.24, 2.45) is 0 Å².